The van der Waals surface area contributed by atoms with Crippen LogP contribution in [0.4, 0.5) is 11.4 Å². The Labute approximate surface area is 107 Å². The zero-order valence-electron chi connectivity index (χ0n) is 10.7. The quantitative estimate of drug-likeness (QED) is 0.722. The topological polar surface area (TPSA) is 71.2 Å². The average Bonchev–Trinajstić information content (AvgIpc) is 2.41. The van der Waals surface area contributed by atoms with Gasteiger partial charge in [-0.15, -0.1) is 0 Å². The fourth-order valence-electron chi connectivity index (χ4n) is 1.89. The minimum atomic E-state index is 0.166. The normalized spacial score (nSPS) is 14.4. The lowest BCUT2D eigenvalue weighted by Crippen LogP contribution is -2.26. The summed E-state index contributed by atoms with van der Waals surface area (Å²) in [5.74, 6) is 0.189. The Balaban J connectivity index is 2.37. The van der Waals surface area contributed by atoms with Crippen LogP contribution in [0.2, 0.25) is 0 Å². The number of hydrogen-bond donors (Lipinski definition) is 3. The van der Waals surface area contributed by atoms with Gasteiger partial charge < -0.3 is 16.2 Å². The van der Waals surface area contributed by atoms with Crippen LogP contribution in [0.1, 0.15) is 13.8 Å². The molecule has 1 aromatic carbocycles. The molecule has 1 heterocycles. The number of nitrogens with zero attached hydrogens (tertiary/aromatic N) is 1. The van der Waals surface area contributed by atoms with E-state index in [4.69, 9.17) is 10.8 Å². The lowest BCUT2D eigenvalue weighted by atomic mass is 10.0. The molecule has 0 aliphatic heterocycles. The van der Waals surface area contributed by atoms with E-state index in [9.17, 15) is 0 Å². The highest BCUT2D eigenvalue weighted by molar-refractivity contribution is 6.00. The predicted octanol–water partition coefficient (Wildman–Crippen LogP) is 2.25. The van der Waals surface area contributed by atoms with Crippen LogP contribution < -0.4 is 11.1 Å². The second-order valence-corrected chi connectivity index (χ2v) is 4.72. The van der Waals surface area contributed by atoms with E-state index in [0.29, 0.717) is 0 Å². The standard InChI is InChI=1S/C14H19N3O/c1-9(8-18)10(2)17-14-4-3-13(15)11-5-6-16-7-12(11)14/h3-7,9-10,17-18H,8,15H2,1-2H3. The van der Waals surface area contributed by atoms with E-state index in [0.717, 1.165) is 22.1 Å². The first-order chi connectivity index (χ1) is 8.63. The van der Waals surface area contributed by atoms with Gasteiger partial charge in [-0.3, -0.25) is 4.98 Å². The SMILES string of the molecule is CC(CO)C(C)Nc1ccc(N)c2ccncc12. The molecule has 4 N–H and O–H groups in total. The molecule has 0 saturated carbocycles. The molecule has 2 rings (SSSR count). The van der Waals surface area contributed by atoms with Crippen molar-refractivity contribution in [3.63, 3.8) is 0 Å². The van der Waals surface area contributed by atoms with Crippen LogP contribution in [-0.2, 0) is 0 Å². The van der Waals surface area contributed by atoms with Crippen LogP contribution >= 0.6 is 0 Å². The second-order valence-electron chi connectivity index (χ2n) is 4.72. The molecular weight excluding hydrogens is 226 g/mol. The van der Waals surface area contributed by atoms with Crippen molar-refractivity contribution in [1.29, 1.82) is 0 Å². The molecule has 0 spiro atoms. The number of nitrogens with two attached hydrogens (primary N) is 1. The largest absolute Gasteiger partial charge is 0.398 e. The van der Waals surface area contributed by atoms with Gasteiger partial charge in [0.1, 0.15) is 0 Å². The average molecular weight is 245 g/mol. The van der Waals surface area contributed by atoms with E-state index in [2.05, 4.69) is 17.2 Å². The molecule has 0 bridgehead atoms. The molecule has 0 saturated heterocycles. The summed E-state index contributed by atoms with van der Waals surface area (Å²) in [7, 11) is 0. The number of benzene rings is 1. The molecule has 4 nitrogen and oxygen atoms in total. The Morgan fingerprint density at radius 2 is 2.06 bits per heavy atom. The lowest BCUT2D eigenvalue weighted by Gasteiger charge is -2.21. The molecule has 0 amide bonds. The van der Waals surface area contributed by atoms with Gasteiger partial charge in [0.2, 0.25) is 0 Å². The maximum absolute atomic E-state index is 9.17. The van der Waals surface area contributed by atoms with Gasteiger partial charge >= 0.3 is 0 Å². The van der Waals surface area contributed by atoms with Crippen LogP contribution in [0.5, 0.6) is 0 Å². The smallest absolute Gasteiger partial charge is 0.0476 e. The number of hydrogen-bond acceptors (Lipinski definition) is 4. The third-order valence-electron chi connectivity index (χ3n) is 3.38. The van der Waals surface area contributed by atoms with Gasteiger partial charge in [-0.05, 0) is 31.0 Å². The highest BCUT2D eigenvalue weighted by Crippen LogP contribution is 2.28. The van der Waals surface area contributed by atoms with Crippen molar-refractivity contribution in [1.82, 2.24) is 4.98 Å². The van der Waals surface area contributed by atoms with E-state index < -0.39 is 0 Å². The first-order valence-corrected chi connectivity index (χ1v) is 6.13. The van der Waals surface area contributed by atoms with Crippen molar-refractivity contribution in [3.8, 4) is 0 Å². The van der Waals surface area contributed by atoms with E-state index >= 15 is 0 Å². The summed E-state index contributed by atoms with van der Waals surface area (Å²) < 4.78 is 0. The summed E-state index contributed by atoms with van der Waals surface area (Å²) in [5.41, 5.74) is 7.70. The Kier molecular flexibility index (Phi) is 3.67. The first kappa shape index (κ1) is 12.6. The zero-order valence-corrected chi connectivity index (χ0v) is 10.7. The number of rotatable bonds is 4. The highest BCUT2D eigenvalue weighted by Gasteiger charge is 2.12. The van der Waals surface area contributed by atoms with Crippen LogP contribution in [0.25, 0.3) is 10.8 Å². The molecule has 4 heteroatoms. The van der Waals surface area contributed by atoms with Gasteiger partial charge in [-0.1, -0.05) is 6.92 Å². The number of pyridine rings is 1. The van der Waals surface area contributed by atoms with Crippen molar-refractivity contribution < 1.29 is 5.11 Å². The monoisotopic (exact) mass is 245 g/mol. The van der Waals surface area contributed by atoms with Crippen LogP contribution in [0, 0.1) is 5.92 Å². The third kappa shape index (κ3) is 2.38. The van der Waals surface area contributed by atoms with Gasteiger partial charge in [0.25, 0.3) is 0 Å². The van der Waals surface area contributed by atoms with Gasteiger partial charge in [0, 0.05) is 47.2 Å². The van der Waals surface area contributed by atoms with E-state index in [1.165, 1.54) is 0 Å². The fourth-order valence-corrected chi connectivity index (χ4v) is 1.89. The van der Waals surface area contributed by atoms with Gasteiger partial charge in [0.05, 0.1) is 0 Å². The molecule has 0 fully saturated rings. The summed E-state index contributed by atoms with van der Waals surface area (Å²) in [6.45, 7) is 4.23. The summed E-state index contributed by atoms with van der Waals surface area (Å²) in [5, 5.41) is 14.6. The second kappa shape index (κ2) is 5.23. The first-order valence-electron chi connectivity index (χ1n) is 6.13. The minimum Gasteiger partial charge on any atom is -0.398 e. The number of anilines is 2. The fraction of sp³-hybridized carbons (Fsp3) is 0.357. The molecular formula is C14H19N3O. The molecule has 2 aromatic rings. The van der Waals surface area contributed by atoms with Crippen molar-refractivity contribution in [2.75, 3.05) is 17.7 Å². The van der Waals surface area contributed by atoms with E-state index in [1.807, 2.05) is 31.3 Å². The summed E-state index contributed by atoms with van der Waals surface area (Å²) in [6.07, 6.45) is 3.55. The van der Waals surface area contributed by atoms with Crippen molar-refractivity contribution in [2.24, 2.45) is 5.92 Å². The van der Waals surface area contributed by atoms with Crippen LogP contribution in [0.3, 0.4) is 0 Å². The number of aliphatic hydroxyl groups excluding tert-OH is 1. The maximum atomic E-state index is 9.17. The van der Waals surface area contributed by atoms with Gasteiger partial charge in [-0.2, -0.15) is 0 Å². The van der Waals surface area contributed by atoms with Gasteiger partial charge in [-0.25, -0.2) is 0 Å². The van der Waals surface area contributed by atoms with Crippen molar-refractivity contribution in [2.45, 2.75) is 19.9 Å². The van der Waals surface area contributed by atoms with E-state index in [-0.39, 0.29) is 18.6 Å². The van der Waals surface area contributed by atoms with Gasteiger partial charge in [0.15, 0.2) is 0 Å². The predicted molar refractivity (Wildman–Crippen MR) is 75.5 cm³/mol. The van der Waals surface area contributed by atoms with Crippen molar-refractivity contribution >= 4 is 22.1 Å². The third-order valence-corrected chi connectivity index (χ3v) is 3.38. The van der Waals surface area contributed by atoms with Crippen LogP contribution in [-0.4, -0.2) is 22.7 Å². The summed E-state index contributed by atoms with van der Waals surface area (Å²) in [4.78, 5) is 4.14. The Morgan fingerprint density at radius 3 is 2.78 bits per heavy atom. The summed E-state index contributed by atoms with van der Waals surface area (Å²) >= 11 is 0. The molecule has 2 unspecified atom stereocenters. The maximum Gasteiger partial charge on any atom is 0.0476 e. The number of aromatic nitrogens is 1. The van der Waals surface area contributed by atoms with Crippen LogP contribution in [0.15, 0.2) is 30.6 Å². The number of aliphatic hydroxyl groups is 1. The highest BCUT2D eigenvalue weighted by atomic mass is 16.3. The molecule has 0 radical (unpaired) electrons. The molecule has 0 aliphatic rings. The number of nitrogen functional groups attached to an aromatic ring is 1. The Morgan fingerprint density at radius 1 is 1.28 bits per heavy atom. The molecule has 2 atom stereocenters. The number of nitrogens with one attached hydrogen (secondary N) is 1. The molecule has 1 aromatic heterocycles. The molecule has 0 aliphatic carbocycles. The molecule has 18 heavy (non-hydrogen) atoms. The Bertz CT molecular complexity index is 542. The minimum absolute atomic E-state index is 0.166. The number of fused-ring (bicyclic) bond motifs is 1. The van der Waals surface area contributed by atoms with E-state index in [1.54, 1.807) is 6.20 Å². The molecule has 96 valence electrons. The van der Waals surface area contributed by atoms with Crippen molar-refractivity contribution in [3.05, 3.63) is 30.6 Å². The Hall–Kier alpha value is -1.81. The zero-order chi connectivity index (χ0) is 13.1. The summed E-state index contributed by atoms with van der Waals surface area (Å²) in [6, 6.07) is 5.94. The lowest BCUT2D eigenvalue weighted by molar-refractivity contribution is 0.226.